The number of carbonyl (C=O) groups is 1. The van der Waals surface area contributed by atoms with Crippen LogP contribution in [0.2, 0.25) is 0 Å². The van der Waals surface area contributed by atoms with Crippen molar-refractivity contribution in [1.29, 1.82) is 0 Å². The van der Waals surface area contributed by atoms with Crippen LogP contribution in [0.15, 0.2) is 23.3 Å². The third-order valence-electron chi connectivity index (χ3n) is 3.05. The molecule has 2 heterocycles. The second-order valence-corrected chi connectivity index (χ2v) is 4.34. The molecular weight excluding hydrogens is 276 g/mol. The molecule has 0 fully saturated rings. The molecule has 1 N–H and O–H groups in total. The van der Waals surface area contributed by atoms with Gasteiger partial charge >= 0.3 is 5.97 Å². The summed E-state index contributed by atoms with van der Waals surface area (Å²) < 4.78 is 12.0. The Morgan fingerprint density at radius 1 is 1.43 bits per heavy atom. The van der Waals surface area contributed by atoms with Gasteiger partial charge in [-0.15, -0.1) is 0 Å². The zero-order valence-electron chi connectivity index (χ0n) is 11.8. The van der Waals surface area contributed by atoms with Crippen LogP contribution in [0.25, 0.3) is 10.9 Å². The summed E-state index contributed by atoms with van der Waals surface area (Å²) in [7, 11) is 1.57. The van der Waals surface area contributed by atoms with E-state index in [9.17, 15) is 9.59 Å². The smallest absolute Gasteiger partial charge is 0.341 e. The largest absolute Gasteiger partial charge is 0.477 e. The molecule has 0 spiro atoms. The number of methoxy groups -OCH3 is 1. The predicted octanol–water partition coefficient (Wildman–Crippen LogP) is 1.14. The quantitative estimate of drug-likeness (QED) is 0.803. The predicted molar refractivity (Wildman–Crippen MR) is 76.0 cm³/mol. The van der Waals surface area contributed by atoms with Gasteiger partial charge in [0, 0.05) is 32.1 Å². The lowest BCUT2D eigenvalue weighted by Gasteiger charge is -2.11. The number of hydrogen-bond acceptors (Lipinski definition) is 5. The van der Waals surface area contributed by atoms with Gasteiger partial charge in [-0.05, 0) is 6.92 Å². The van der Waals surface area contributed by atoms with Crippen molar-refractivity contribution >= 4 is 16.9 Å². The maximum atomic E-state index is 12.1. The van der Waals surface area contributed by atoms with Gasteiger partial charge in [0.15, 0.2) is 0 Å². The van der Waals surface area contributed by atoms with E-state index in [0.29, 0.717) is 31.2 Å². The van der Waals surface area contributed by atoms with E-state index in [1.165, 1.54) is 12.4 Å². The molecule has 0 aliphatic heterocycles. The zero-order chi connectivity index (χ0) is 15.4. The van der Waals surface area contributed by atoms with Crippen LogP contribution in [0.1, 0.15) is 17.3 Å². The Morgan fingerprint density at radius 2 is 2.19 bits per heavy atom. The lowest BCUT2D eigenvalue weighted by molar-refractivity contribution is 0.0695. The molecule has 7 heteroatoms. The van der Waals surface area contributed by atoms with Gasteiger partial charge in [-0.2, -0.15) is 0 Å². The fraction of sp³-hybridized carbons (Fsp3) is 0.357. The van der Waals surface area contributed by atoms with Crippen LogP contribution in [-0.2, 0) is 11.3 Å². The Balaban J connectivity index is 2.54. The highest BCUT2D eigenvalue weighted by molar-refractivity contribution is 5.92. The fourth-order valence-electron chi connectivity index (χ4n) is 1.99. The highest BCUT2D eigenvalue weighted by Crippen LogP contribution is 2.17. The summed E-state index contributed by atoms with van der Waals surface area (Å²) in [4.78, 5) is 27.2. The Bertz CT molecular complexity index is 723. The molecule has 0 radical (unpaired) electrons. The Kier molecular flexibility index (Phi) is 4.54. The maximum Gasteiger partial charge on any atom is 0.341 e. The van der Waals surface area contributed by atoms with Crippen LogP contribution in [0.4, 0.5) is 0 Å². The minimum absolute atomic E-state index is 0.260. The number of fused-ring (bicyclic) bond motifs is 1. The second kappa shape index (κ2) is 6.36. The highest BCUT2D eigenvalue weighted by Gasteiger charge is 2.15. The van der Waals surface area contributed by atoms with Gasteiger partial charge < -0.3 is 19.1 Å². The molecule has 21 heavy (non-hydrogen) atoms. The van der Waals surface area contributed by atoms with Crippen molar-refractivity contribution < 1.29 is 19.4 Å². The molecule has 2 rings (SSSR count). The topological polar surface area (TPSA) is 90.7 Å². The van der Waals surface area contributed by atoms with Gasteiger partial charge in [-0.25, -0.2) is 9.78 Å². The van der Waals surface area contributed by atoms with E-state index in [4.69, 9.17) is 14.6 Å². The molecule has 0 aromatic carbocycles. The number of aromatic carboxylic acids is 1. The Labute approximate surface area is 120 Å². The van der Waals surface area contributed by atoms with Crippen LogP contribution >= 0.6 is 0 Å². The van der Waals surface area contributed by atoms with Crippen LogP contribution < -0.4 is 10.2 Å². The normalized spacial score (nSPS) is 10.8. The lowest BCUT2D eigenvalue weighted by Crippen LogP contribution is -2.19. The average molecular weight is 292 g/mol. The van der Waals surface area contributed by atoms with Crippen LogP contribution in [0, 0.1) is 0 Å². The summed E-state index contributed by atoms with van der Waals surface area (Å²) in [6.07, 6.45) is 2.68. The van der Waals surface area contributed by atoms with Gasteiger partial charge in [0.1, 0.15) is 12.2 Å². The van der Waals surface area contributed by atoms with E-state index < -0.39 is 11.4 Å². The first kappa shape index (κ1) is 15.0. The molecule has 112 valence electrons. The lowest BCUT2D eigenvalue weighted by atomic mass is 10.2. The van der Waals surface area contributed by atoms with Gasteiger partial charge in [0.2, 0.25) is 11.3 Å². The van der Waals surface area contributed by atoms with Gasteiger partial charge in [0.05, 0.1) is 17.5 Å². The van der Waals surface area contributed by atoms with Crippen LogP contribution in [0.5, 0.6) is 5.88 Å². The molecule has 0 bridgehead atoms. The summed E-state index contributed by atoms with van der Waals surface area (Å²) in [5.74, 6) is -0.881. The van der Waals surface area contributed by atoms with E-state index >= 15 is 0 Å². The first-order valence-electron chi connectivity index (χ1n) is 6.46. The number of nitrogens with zero attached hydrogens (tertiary/aromatic N) is 2. The first-order chi connectivity index (χ1) is 10.1. The number of carboxylic acids is 1. The van der Waals surface area contributed by atoms with Crippen molar-refractivity contribution in [2.45, 2.75) is 13.5 Å². The molecule has 0 atom stereocenters. The van der Waals surface area contributed by atoms with Crippen molar-refractivity contribution in [3.63, 3.8) is 0 Å². The first-order valence-corrected chi connectivity index (χ1v) is 6.46. The summed E-state index contributed by atoms with van der Waals surface area (Å²) in [6, 6.07) is 1.63. The van der Waals surface area contributed by atoms with Gasteiger partial charge in [-0.1, -0.05) is 0 Å². The SMILES string of the molecule is CCn1cc(C(=O)O)c(=O)c2cnc(OCCOC)cc21. The standard InChI is InChI=1S/C14H16N2O5/c1-3-16-8-10(14(18)19)13(17)9-7-15-12(6-11(9)16)21-5-4-20-2/h6-8H,3-5H2,1-2H3,(H,18,19). The minimum Gasteiger partial charge on any atom is -0.477 e. The molecule has 0 saturated carbocycles. The number of pyridine rings is 2. The number of ether oxygens (including phenoxy) is 2. The van der Waals surface area contributed by atoms with Gasteiger partial charge in [0.25, 0.3) is 0 Å². The molecule has 0 aliphatic carbocycles. The number of aromatic nitrogens is 2. The summed E-state index contributed by atoms with van der Waals surface area (Å²) >= 11 is 0. The van der Waals surface area contributed by atoms with Crippen molar-refractivity contribution in [3.05, 3.63) is 34.2 Å². The van der Waals surface area contributed by atoms with Crippen molar-refractivity contribution in [3.8, 4) is 5.88 Å². The molecule has 7 nitrogen and oxygen atoms in total. The zero-order valence-corrected chi connectivity index (χ0v) is 11.8. The van der Waals surface area contributed by atoms with Crippen molar-refractivity contribution in [1.82, 2.24) is 9.55 Å². The molecule has 0 amide bonds. The maximum absolute atomic E-state index is 12.1. The Morgan fingerprint density at radius 3 is 2.81 bits per heavy atom. The molecule has 0 saturated heterocycles. The highest BCUT2D eigenvalue weighted by atomic mass is 16.5. The number of rotatable bonds is 6. The van der Waals surface area contributed by atoms with E-state index in [1.807, 2.05) is 6.92 Å². The molecule has 2 aromatic rings. The van der Waals surface area contributed by atoms with E-state index in [1.54, 1.807) is 17.7 Å². The van der Waals surface area contributed by atoms with Crippen molar-refractivity contribution in [2.24, 2.45) is 0 Å². The third kappa shape index (κ3) is 3.03. The second-order valence-electron chi connectivity index (χ2n) is 4.34. The molecule has 2 aromatic heterocycles. The number of aryl methyl sites for hydroxylation is 1. The summed E-state index contributed by atoms with van der Waals surface area (Å²) in [5.41, 5.74) is -0.216. The molecular formula is C14H16N2O5. The van der Waals surface area contributed by atoms with E-state index in [2.05, 4.69) is 4.98 Å². The minimum atomic E-state index is -1.25. The molecule has 0 aliphatic rings. The van der Waals surface area contributed by atoms with E-state index in [0.717, 1.165) is 0 Å². The van der Waals surface area contributed by atoms with Crippen LogP contribution in [-0.4, -0.2) is 41.0 Å². The van der Waals surface area contributed by atoms with Gasteiger partial charge in [-0.3, -0.25) is 4.79 Å². The average Bonchev–Trinajstić information content (AvgIpc) is 2.47. The number of carboxylic acid groups (broad SMARTS) is 1. The number of hydrogen-bond donors (Lipinski definition) is 1. The monoisotopic (exact) mass is 292 g/mol. The third-order valence-corrected chi connectivity index (χ3v) is 3.05. The summed E-state index contributed by atoms with van der Waals surface area (Å²) in [5, 5.41) is 9.33. The van der Waals surface area contributed by atoms with E-state index in [-0.39, 0.29) is 10.9 Å². The summed E-state index contributed by atoms with van der Waals surface area (Å²) in [6.45, 7) is 3.16. The fourth-order valence-corrected chi connectivity index (χ4v) is 1.99. The Hall–Kier alpha value is -2.41. The van der Waals surface area contributed by atoms with Crippen molar-refractivity contribution in [2.75, 3.05) is 20.3 Å². The van der Waals surface area contributed by atoms with Crippen LogP contribution in [0.3, 0.4) is 0 Å². The molecule has 0 unspecified atom stereocenters.